The molecule has 1 aliphatic carbocycles. The van der Waals surface area contributed by atoms with Crippen LogP contribution >= 0.6 is 23.4 Å². The van der Waals surface area contributed by atoms with Crippen LogP contribution in [-0.2, 0) is 6.42 Å². The van der Waals surface area contributed by atoms with Crippen molar-refractivity contribution in [2.75, 3.05) is 23.7 Å². The molecule has 6 rings (SSSR count). The summed E-state index contributed by atoms with van der Waals surface area (Å²) < 4.78 is 2.03. The van der Waals surface area contributed by atoms with Crippen molar-refractivity contribution < 1.29 is 0 Å². The van der Waals surface area contributed by atoms with Crippen LogP contribution in [0.15, 0.2) is 52.9 Å². The molecular formula is C23H22BClN8S. The molecule has 1 unspecified atom stereocenters. The van der Waals surface area contributed by atoms with Gasteiger partial charge in [-0.15, -0.1) is 0 Å². The Hall–Kier alpha value is -2.82. The minimum atomic E-state index is -0.0871. The molecule has 1 aliphatic heterocycles. The third-order valence-electron chi connectivity index (χ3n) is 7.11. The number of imidazole rings is 1. The van der Waals surface area contributed by atoms with Gasteiger partial charge in [-0.25, -0.2) is 15.0 Å². The molecule has 1 saturated heterocycles. The molecule has 0 aromatic carbocycles. The highest BCUT2D eigenvalue weighted by Gasteiger charge is 2.47. The first kappa shape index (κ1) is 21.7. The number of fused-ring (bicyclic) bond motifs is 2. The molecule has 8 nitrogen and oxygen atoms in total. The fourth-order valence-electron chi connectivity index (χ4n) is 5.25. The summed E-state index contributed by atoms with van der Waals surface area (Å²) in [6.45, 7) is 1.70. The molecule has 2 aliphatic rings. The molecule has 4 aromatic heterocycles. The van der Waals surface area contributed by atoms with Gasteiger partial charge in [-0.1, -0.05) is 34.9 Å². The Bertz CT molecular complexity index is 1400. The number of nitrogens with two attached hydrogens (primary N) is 2. The van der Waals surface area contributed by atoms with Gasteiger partial charge in [0.05, 0.1) is 9.92 Å². The monoisotopic (exact) mass is 488 g/mol. The van der Waals surface area contributed by atoms with E-state index < -0.39 is 0 Å². The lowest BCUT2D eigenvalue weighted by Crippen LogP contribution is -2.45. The molecule has 4 N–H and O–H groups in total. The van der Waals surface area contributed by atoms with Gasteiger partial charge in [0.15, 0.2) is 5.65 Å². The molecule has 2 radical (unpaired) electrons. The van der Waals surface area contributed by atoms with E-state index in [0.29, 0.717) is 10.8 Å². The molecule has 1 spiro atoms. The van der Waals surface area contributed by atoms with Crippen LogP contribution in [0, 0.1) is 5.41 Å². The molecule has 170 valence electrons. The first-order valence-corrected chi connectivity index (χ1v) is 12.3. The van der Waals surface area contributed by atoms with Crippen molar-refractivity contribution in [3.63, 3.8) is 0 Å². The lowest BCUT2D eigenvalue weighted by atomic mass is 9.72. The SMILES string of the molecule is [B]c1ccnc2c1C(N)C1(CCN(c3ncc(Sc4ccnc(N)c4Cl)c4nccn34)CC1)C2. The second-order valence-electron chi connectivity index (χ2n) is 8.92. The van der Waals surface area contributed by atoms with Crippen LogP contribution < -0.4 is 21.8 Å². The molecule has 1 fully saturated rings. The lowest BCUT2D eigenvalue weighted by molar-refractivity contribution is 0.186. The maximum atomic E-state index is 6.73. The predicted octanol–water partition coefficient (Wildman–Crippen LogP) is 2.54. The van der Waals surface area contributed by atoms with Gasteiger partial charge < -0.3 is 16.4 Å². The van der Waals surface area contributed by atoms with Gasteiger partial charge in [-0.2, -0.15) is 0 Å². The second kappa shape index (κ2) is 8.14. The fraction of sp³-hybridized carbons (Fsp3) is 0.304. The highest BCUT2D eigenvalue weighted by molar-refractivity contribution is 7.99. The van der Waals surface area contributed by atoms with E-state index in [1.165, 1.54) is 11.8 Å². The van der Waals surface area contributed by atoms with Crippen molar-refractivity contribution in [3.8, 4) is 0 Å². The zero-order valence-electron chi connectivity index (χ0n) is 18.4. The maximum Gasteiger partial charge on any atom is 0.211 e. The minimum Gasteiger partial charge on any atom is -0.382 e. The third kappa shape index (κ3) is 3.35. The Labute approximate surface area is 207 Å². The summed E-state index contributed by atoms with van der Waals surface area (Å²) in [5.41, 5.74) is 16.2. The quantitative estimate of drug-likeness (QED) is 0.423. The molecule has 0 amide bonds. The van der Waals surface area contributed by atoms with Gasteiger partial charge in [-0.3, -0.25) is 9.38 Å². The van der Waals surface area contributed by atoms with Crippen LogP contribution in [0.2, 0.25) is 5.02 Å². The summed E-state index contributed by atoms with van der Waals surface area (Å²) in [6.07, 6.45) is 11.8. The summed E-state index contributed by atoms with van der Waals surface area (Å²) in [4.78, 5) is 22.0. The molecule has 4 aromatic rings. The molecule has 11 heteroatoms. The van der Waals surface area contributed by atoms with Gasteiger partial charge in [0, 0.05) is 60.7 Å². The highest BCUT2D eigenvalue weighted by atomic mass is 35.5. The van der Waals surface area contributed by atoms with E-state index in [1.54, 1.807) is 18.6 Å². The Kier molecular flexibility index (Phi) is 5.20. The van der Waals surface area contributed by atoms with Crippen LogP contribution in [0.4, 0.5) is 11.8 Å². The highest BCUT2D eigenvalue weighted by Crippen LogP contribution is 2.50. The van der Waals surface area contributed by atoms with Crippen molar-refractivity contribution in [2.45, 2.75) is 35.1 Å². The molecular weight excluding hydrogens is 467 g/mol. The summed E-state index contributed by atoms with van der Waals surface area (Å²) in [7, 11) is 6.24. The maximum absolute atomic E-state index is 6.73. The number of nitrogens with zero attached hydrogens (tertiary/aromatic N) is 6. The van der Waals surface area contributed by atoms with Crippen LogP contribution in [0.25, 0.3) is 5.65 Å². The summed E-state index contributed by atoms with van der Waals surface area (Å²) >= 11 is 7.83. The van der Waals surface area contributed by atoms with E-state index in [9.17, 15) is 0 Å². The standard InChI is InChI=1S/C23H22BClN8S/c24-13-1-5-28-14-11-23(19(26)17(13)14)3-8-32(9-4-23)22-31-12-16(21-30-7-10-33(21)22)34-15-2-6-29-20(27)18(15)25/h1-2,5-7,10,12,19H,3-4,8-9,11,26H2,(H2,27,29). The number of piperidine rings is 1. The molecule has 0 bridgehead atoms. The van der Waals surface area contributed by atoms with Crippen molar-refractivity contribution in [1.29, 1.82) is 0 Å². The van der Waals surface area contributed by atoms with Crippen LogP contribution in [0.1, 0.15) is 30.1 Å². The van der Waals surface area contributed by atoms with Crippen LogP contribution in [0.3, 0.4) is 0 Å². The van der Waals surface area contributed by atoms with E-state index in [0.717, 1.165) is 70.5 Å². The topological polar surface area (TPSA) is 111 Å². The number of rotatable bonds is 3. The third-order valence-corrected chi connectivity index (χ3v) is 8.69. The number of hydrogen-bond donors (Lipinski definition) is 2. The largest absolute Gasteiger partial charge is 0.382 e. The Morgan fingerprint density at radius 3 is 2.65 bits per heavy atom. The minimum absolute atomic E-state index is 0.0107. The number of halogens is 1. The Balaban J connectivity index is 1.25. The number of hydrogen-bond acceptors (Lipinski definition) is 8. The average Bonchev–Trinajstić information content (AvgIpc) is 3.43. The predicted molar refractivity (Wildman–Crippen MR) is 135 cm³/mol. The van der Waals surface area contributed by atoms with E-state index >= 15 is 0 Å². The second-order valence-corrected chi connectivity index (χ2v) is 10.4. The van der Waals surface area contributed by atoms with Crippen molar-refractivity contribution in [2.24, 2.45) is 11.1 Å². The number of aromatic nitrogens is 5. The first-order valence-electron chi connectivity index (χ1n) is 11.1. The summed E-state index contributed by atoms with van der Waals surface area (Å²) in [6, 6.07) is 3.60. The van der Waals surface area contributed by atoms with Crippen molar-refractivity contribution >= 4 is 54.1 Å². The number of anilines is 2. The molecule has 34 heavy (non-hydrogen) atoms. The Morgan fingerprint density at radius 1 is 1.06 bits per heavy atom. The smallest absolute Gasteiger partial charge is 0.211 e. The van der Waals surface area contributed by atoms with E-state index in [-0.39, 0.29) is 11.5 Å². The zero-order valence-corrected chi connectivity index (χ0v) is 19.9. The molecule has 1 atom stereocenters. The van der Waals surface area contributed by atoms with Gasteiger partial charge >= 0.3 is 0 Å². The fourth-order valence-corrected chi connectivity index (χ4v) is 6.39. The van der Waals surface area contributed by atoms with Gasteiger partial charge in [0.1, 0.15) is 13.7 Å². The lowest BCUT2D eigenvalue weighted by Gasteiger charge is -2.42. The molecule has 0 saturated carbocycles. The van der Waals surface area contributed by atoms with Crippen LogP contribution in [-0.4, -0.2) is 45.3 Å². The van der Waals surface area contributed by atoms with Gasteiger partial charge in [0.2, 0.25) is 5.95 Å². The molecule has 5 heterocycles. The van der Waals surface area contributed by atoms with Crippen molar-refractivity contribution in [1.82, 2.24) is 24.3 Å². The Morgan fingerprint density at radius 2 is 1.85 bits per heavy atom. The number of nitrogen functional groups attached to an aromatic ring is 1. The zero-order chi connectivity index (χ0) is 23.4. The number of pyridine rings is 2. The van der Waals surface area contributed by atoms with E-state index in [4.69, 9.17) is 35.9 Å². The summed E-state index contributed by atoms with van der Waals surface area (Å²) in [5, 5.41) is 0.437. The summed E-state index contributed by atoms with van der Waals surface area (Å²) in [5.74, 6) is 1.18. The van der Waals surface area contributed by atoms with Gasteiger partial charge in [0.25, 0.3) is 0 Å². The average molecular weight is 489 g/mol. The van der Waals surface area contributed by atoms with E-state index in [2.05, 4.69) is 19.9 Å². The normalized spacial score (nSPS) is 19.1. The first-order chi connectivity index (χ1) is 16.5. The van der Waals surface area contributed by atoms with Crippen LogP contribution in [0.5, 0.6) is 0 Å². The van der Waals surface area contributed by atoms with Crippen molar-refractivity contribution in [3.05, 3.63) is 59.4 Å². The van der Waals surface area contributed by atoms with Gasteiger partial charge in [-0.05, 0) is 36.3 Å². The van der Waals surface area contributed by atoms with E-state index in [1.807, 2.05) is 28.9 Å².